The van der Waals surface area contributed by atoms with Crippen LogP contribution in [0.1, 0.15) is 0 Å². The van der Waals surface area contributed by atoms with E-state index in [4.69, 9.17) is 0 Å². The number of urea groups is 3. The van der Waals surface area contributed by atoms with Crippen LogP contribution in [-0.2, 0) is 40.8 Å². The van der Waals surface area contributed by atoms with Crippen molar-refractivity contribution in [2.45, 2.75) is 0 Å². The van der Waals surface area contributed by atoms with Gasteiger partial charge in [-0.15, -0.1) is 0 Å². The van der Waals surface area contributed by atoms with Crippen LogP contribution in [0.15, 0.2) is 0 Å². The molecule has 0 aliphatic rings. The molecule has 0 rings (SSSR count). The van der Waals surface area contributed by atoms with Crippen LogP contribution in [-0.4, -0.2) is 313 Å². The van der Waals surface area contributed by atoms with Crippen LogP contribution < -0.4 is 0 Å². The maximum Gasteiger partial charge on any atom is 0.318 e. The highest BCUT2D eigenvalue weighted by molar-refractivity contribution is 7.87. The van der Waals surface area contributed by atoms with Gasteiger partial charge in [-0.05, 0) is 0 Å². The normalized spacial score (nSPS) is 11.3. The molecule has 0 N–H and O–H groups in total. The van der Waals surface area contributed by atoms with Gasteiger partial charge in [-0.1, -0.05) is 0 Å². The van der Waals surface area contributed by atoms with E-state index in [2.05, 4.69) is 0 Å². The lowest BCUT2D eigenvalue weighted by Crippen LogP contribution is -2.34. The fraction of sp³-hybridized carbons (Fsp3) is 0.903. The van der Waals surface area contributed by atoms with E-state index in [0.29, 0.717) is 0 Å². The lowest BCUT2D eigenvalue weighted by molar-refractivity contribution is 0.190. The Labute approximate surface area is 366 Å². The molecule has 0 heterocycles. The molecule has 0 aromatic heterocycles. The molecule has 0 radical (unpaired) electrons. The molecular formula is C31H84N14O11S4. The molecule has 0 atom stereocenters. The minimum atomic E-state index is -3.15. The van der Waals surface area contributed by atoms with Crippen LogP contribution in [0.5, 0.6) is 0 Å². The number of hydrogen-bond donors (Lipinski definition) is 0. The van der Waals surface area contributed by atoms with Gasteiger partial charge in [0.15, 0.2) is 0 Å². The van der Waals surface area contributed by atoms with E-state index in [0.717, 1.165) is 34.4 Å². The molecule has 0 fully saturated rings. The van der Waals surface area contributed by atoms with Crippen LogP contribution in [0.4, 0.5) is 14.4 Å². The molecule has 0 bridgehead atoms. The van der Waals surface area contributed by atoms with Crippen molar-refractivity contribution in [3.63, 3.8) is 0 Å². The van der Waals surface area contributed by atoms with E-state index in [1.165, 1.54) is 142 Å². The van der Waals surface area contributed by atoms with E-state index in [1.54, 1.807) is 84.6 Å². The number of amides is 6. The third-order valence-electron chi connectivity index (χ3n) is 5.99. The Morgan fingerprint density at radius 3 is 0.267 bits per heavy atom. The van der Waals surface area contributed by atoms with Gasteiger partial charge in [-0.2, -0.15) is 68.1 Å². The summed E-state index contributed by atoms with van der Waals surface area (Å²) >= 11 is 0. The Balaban J connectivity index is -0.000000109. The van der Waals surface area contributed by atoms with E-state index in [1.807, 2.05) is 0 Å². The Kier molecular flexibility index (Phi) is 39.4. The Hall–Kier alpha value is -2.71. The van der Waals surface area contributed by atoms with Gasteiger partial charge in [-0.25, -0.2) is 14.4 Å². The zero-order chi connectivity index (χ0) is 50.8. The summed E-state index contributed by atoms with van der Waals surface area (Å²) in [6.07, 6.45) is 0. The van der Waals surface area contributed by atoms with Gasteiger partial charge in [-0.3, -0.25) is 0 Å². The van der Waals surface area contributed by atoms with Gasteiger partial charge in [0.05, 0.1) is 0 Å². The second-order valence-electron chi connectivity index (χ2n) is 14.5. The van der Waals surface area contributed by atoms with Crippen molar-refractivity contribution in [2.75, 3.05) is 197 Å². The maximum atomic E-state index is 10.9. The van der Waals surface area contributed by atoms with Gasteiger partial charge in [0.25, 0.3) is 40.8 Å². The maximum absolute atomic E-state index is 10.9. The Morgan fingerprint density at radius 2 is 0.267 bits per heavy atom. The summed E-state index contributed by atoms with van der Waals surface area (Å²) in [5.41, 5.74) is 0. The van der Waals surface area contributed by atoms with Crippen molar-refractivity contribution in [2.24, 2.45) is 0 Å². The summed E-state index contributed by atoms with van der Waals surface area (Å²) in [4.78, 5) is 41.2. The average molecular weight is 957 g/mol. The van der Waals surface area contributed by atoms with Crippen LogP contribution in [0.2, 0.25) is 0 Å². The van der Waals surface area contributed by atoms with Gasteiger partial charge in [0.2, 0.25) is 0 Å². The molecule has 60 heavy (non-hydrogen) atoms. The van der Waals surface area contributed by atoms with Crippen molar-refractivity contribution in [1.29, 1.82) is 0 Å². The predicted octanol–water partition coefficient (Wildman–Crippen LogP) is -1.89. The molecular weight excluding hydrogens is 873 g/mol. The Bertz CT molecular complexity index is 1300. The molecule has 0 saturated heterocycles. The molecule has 0 unspecified atom stereocenters. The molecule has 0 aliphatic heterocycles. The van der Waals surface area contributed by atoms with Gasteiger partial charge in [0.1, 0.15) is 0 Å². The second kappa shape index (κ2) is 32.9. The number of rotatable bonds is 8. The molecule has 0 aromatic carbocycles. The van der Waals surface area contributed by atoms with Crippen molar-refractivity contribution >= 4 is 58.9 Å². The zero-order valence-electron chi connectivity index (χ0n) is 41.9. The summed E-state index contributed by atoms with van der Waals surface area (Å²) < 4.78 is 96.3. The largest absolute Gasteiger partial charge is 0.331 e. The quantitative estimate of drug-likeness (QED) is 0.261. The van der Waals surface area contributed by atoms with Crippen LogP contribution >= 0.6 is 0 Å². The highest BCUT2D eigenvalue weighted by Gasteiger charge is 2.17. The number of carbonyl (C=O) groups is 3. The molecule has 0 aliphatic carbocycles. The lowest BCUT2D eigenvalue weighted by Gasteiger charge is -2.16. The number of nitrogens with zero attached hydrogens (tertiary/aromatic N) is 14. The topological polar surface area (TPSA) is 233 Å². The third kappa shape index (κ3) is 33.9. The fourth-order valence-electron chi connectivity index (χ4n) is 2.51. The second-order valence-corrected chi connectivity index (χ2v) is 23.9. The summed E-state index contributed by atoms with van der Waals surface area (Å²) in [5.74, 6) is 0. The molecule has 0 spiro atoms. The highest BCUT2D eigenvalue weighted by atomic mass is 32.2. The Morgan fingerprint density at radius 1 is 0.200 bits per heavy atom. The van der Waals surface area contributed by atoms with E-state index < -0.39 is 40.8 Å². The molecule has 29 heteroatoms. The summed E-state index contributed by atoms with van der Waals surface area (Å²) in [5, 5.41) is 0. The first kappa shape index (κ1) is 71.8. The fourth-order valence-corrected chi connectivity index (χ4v) is 5.12. The van der Waals surface area contributed by atoms with Crippen molar-refractivity contribution < 1.29 is 48.1 Å². The van der Waals surface area contributed by atoms with Crippen LogP contribution in [0, 0.1) is 0 Å². The standard InChI is InChI=1S/3C5H12N2O.4C4H12N2O2S/c3*1-6(2)5(8)7(3)4;4*1-5(2)9(7,8)6(3)4/h3*1-4H3;4*1-4H3. The molecule has 25 nitrogen and oxygen atoms in total. The summed E-state index contributed by atoms with van der Waals surface area (Å²) in [6, 6.07) is 0.0556. The molecule has 6 amide bonds. The van der Waals surface area contributed by atoms with Gasteiger partial charge >= 0.3 is 18.1 Å². The van der Waals surface area contributed by atoms with E-state index >= 15 is 0 Å². The zero-order valence-corrected chi connectivity index (χ0v) is 45.2. The lowest BCUT2D eigenvalue weighted by atomic mass is 10.7. The first-order valence-corrected chi connectivity index (χ1v) is 22.9. The first-order chi connectivity index (χ1) is 26.2. The molecule has 0 saturated carbocycles. The predicted molar refractivity (Wildman–Crippen MR) is 243 cm³/mol. The van der Waals surface area contributed by atoms with Crippen molar-refractivity contribution in [1.82, 2.24) is 63.8 Å². The van der Waals surface area contributed by atoms with Gasteiger partial charge < -0.3 is 29.4 Å². The van der Waals surface area contributed by atoms with Crippen molar-refractivity contribution in [3.8, 4) is 0 Å². The highest BCUT2D eigenvalue weighted by Crippen LogP contribution is 1.97. The SMILES string of the molecule is CN(C)C(=O)N(C)C.CN(C)C(=O)N(C)C.CN(C)C(=O)N(C)C.CN(C)S(=O)(=O)N(C)C.CN(C)S(=O)(=O)N(C)C.CN(C)S(=O)(=O)N(C)C.CN(C)S(=O)(=O)N(C)C. The molecule has 368 valence electrons. The molecule has 0 aromatic rings. The van der Waals surface area contributed by atoms with Gasteiger partial charge in [0, 0.05) is 197 Å². The number of carbonyl (C=O) groups excluding carboxylic acids is 3. The van der Waals surface area contributed by atoms with E-state index in [-0.39, 0.29) is 18.1 Å². The van der Waals surface area contributed by atoms with E-state index in [9.17, 15) is 48.1 Å². The summed E-state index contributed by atoms with van der Waals surface area (Å²) in [7, 11) is 32.0. The smallest absolute Gasteiger partial charge is 0.318 e. The van der Waals surface area contributed by atoms with Crippen LogP contribution in [0.3, 0.4) is 0 Å². The monoisotopic (exact) mass is 957 g/mol. The number of hydrogen-bond acceptors (Lipinski definition) is 11. The third-order valence-corrected chi connectivity index (χ3v) is 13.4. The average Bonchev–Trinajstić information content (AvgIpc) is 3.07. The van der Waals surface area contributed by atoms with Crippen molar-refractivity contribution in [3.05, 3.63) is 0 Å². The first-order valence-electron chi connectivity index (χ1n) is 17.3. The minimum absolute atomic E-state index is 0.0185. The minimum Gasteiger partial charge on any atom is -0.331 e. The summed E-state index contributed by atoms with van der Waals surface area (Å²) in [6.45, 7) is 0. The van der Waals surface area contributed by atoms with Crippen LogP contribution in [0.25, 0.3) is 0 Å².